The standard InChI is InChI=1S/C18H20N6O3/c1-12-4-7-14(8-5-12)24-17(21-22-23-24)11-19-18(25)20-13-6-9-15(26-2)16(10-13)27-3/h4-10H,11H2,1-3H3,(H2,19,20,25). The third-order valence-corrected chi connectivity index (χ3v) is 3.86. The topological polar surface area (TPSA) is 103 Å². The highest BCUT2D eigenvalue weighted by Gasteiger charge is 2.11. The Hall–Kier alpha value is -3.62. The zero-order valence-corrected chi connectivity index (χ0v) is 15.3. The van der Waals surface area contributed by atoms with Gasteiger partial charge in [-0.3, -0.25) is 0 Å². The van der Waals surface area contributed by atoms with Gasteiger partial charge in [-0.05, 0) is 41.6 Å². The quantitative estimate of drug-likeness (QED) is 0.692. The fourth-order valence-electron chi connectivity index (χ4n) is 2.45. The summed E-state index contributed by atoms with van der Waals surface area (Å²) in [5.74, 6) is 1.63. The molecule has 27 heavy (non-hydrogen) atoms. The van der Waals surface area contributed by atoms with Crippen molar-refractivity contribution < 1.29 is 14.3 Å². The molecule has 0 saturated carbocycles. The predicted octanol–water partition coefficient (Wildman–Crippen LogP) is 2.31. The molecule has 3 aromatic rings. The van der Waals surface area contributed by atoms with E-state index < -0.39 is 0 Å². The molecule has 0 aliphatic heterocycles. The Morgan fingerprint density at radius 3 is 2.52 bits per heavy atom. The van der Waals surface area contributed by atoms with Crippen molar-refractivity contribution in [3.8, 4) is 17.2 Å². The van der Waals surface area contributed by atoms with Crippen LogP contribution in [0.15, 0.2) is 42.5 Å². The highest BCUT2D eigenvalue weighted by atomic mass is 16.5. The van der Waals surface area contributed by atoms with Crippen molar-refractivity contribution >= 4 is 11.7 Å². The first kappa shape index (κ1) is 18.2. The normalized spacial score (nSPS) is 10.3. The van der Waals surface area contributed by atoms with Crippen molar-refractivity contribution in [2.45, 2.75) is 13.5 Å². The van der Waals surface area contributed by atoms with E-state index in [0.717, 1.165) is 11.3 Å². The van der Waals surface area contributed by atoms with Crippen LogP contribution >= 0.6 is 0 Å². The van der Waals surface area contributed by atoms with Crippen molar-refractivity contribution in [2.24, 2.45) is 0 Å². The summed E-state index contributed by atoms with van der Waals surface area (Å²) in [6.45, 7) is 2.17. The highest BCUT2D eigenvalue weighted by Crippen LogP contribution is 2.29. The van der Waals surface area contributed by atoms with Crippen LogP contribution in [0.5, 0.6) is 11.5 Å². The fourth-order valence-corrected chi connectivity index (χ4v) is 2.45. The molecule has 0 spiro atoms. The Morgan fingerprint density at radius 1 is 1.07 bits per heavy atom. The van der Waals surface area contributed by atoms with Gasteiger partial charge in [0.2, 0.25) is 0 Å². The lowest BCUT2D eigenvalue weighted by Gasteiger charge is -2.11. The largest absolute Gasteiger partial charge is 0.493 e. The second-order valence-electron chi connectivity index (χ2n) is 5.72. The van der Waals surface area contributed by atoms with Crippen LogP contribution in [0.3, 0.4) is 0 Å². The summed E-state index contributed by atoms with van der Waals surface area (Å²) in [4.78, 5) is 12.2. The molecule has 9 nitrogen and oxygen atoms in total. The maximum Gasteiger partial charge on any atom is 0.319 e. The van der Waals surface area contributed by atoms with Crippen molar-refractivity contribution in [3.63, 3.8) is 0 Å². The molecule has 2 aromatic carbocycles. The number of rotatable bonds is 6. The molecule has 1 heterocycles. The molecule has 0 saturated heterocycles. The number of urea groups is 1. The van der Waals surface area contributed by atoms with E-state index in [1.54, 1.807) is 30.0 Å². The number of benzene rings is 2. The number of aromatic nitrogens is 4. The van der Waals surface area contributed by atoms with E-state index in [0.29, 0.717) is 23.0 Å². The van der Waals surface area contributed by atoms with Crippen molar-refractivity contribution in [3.05, 3.63) is 53.9 Å². The molecule has 1 aromatic heterocycles. The molecule has 3 rings (SSSR count). The van der Waals surface area contributed by atoms with Gasteiger partial charge in [-0.15, -0.1) is 5.10 Å². The van der Waals surface area contributed by atoms with Crippen LogP contribution in [-0.4, -0.2) is 40.5 Å². The van der Waals surface area contributed by atoms with Crippen molar-refractivity contribution in [1.82, 2.24) is 25.5 Å². The molecule has 0 bridgehead atoms. The van der Waals surface area contributed by atoms with Gasteiger partial charge in [0.05, 0.1) is 26.5 Å². The second-order valence-corrected chi connectivity index (χ2v) is 5.72. The van der Waals surface area contributed by atoms with Gasteiger partial charge in [0.1, 0.15) is 0 Å². The number of nitrogens with one attached hydrogen (secondary N) is 2. The van der Waals surface area contributed by atoms with E-state index in [4.69, 9.17) is 9.47 Å². The molecule has 0 aliphatic rings. The summed E-state index contributed by atoms with van der Waals surface area (Å²) in [6, 6.07) is 12.5. The SMILES string of the molecule is COc1ccc(NC(=O)NCc2nnnn2-c2ccc(C)cc2)cc1OC. The molecular formula is C18H20N6O3. The molecule has 0 unspecified atom stereocenters. The number of anilines is 1. The summed E-state index contributed by atoms with van der Waals surface area (Å²) in [6.07, 6.45) is 0. The Labute approximate surface area is 156 Å². The Balaban J connectivity index is 1.63. The number of amides is 2. The van der Waals surface area contributed by atoms with Crippen molar-refractivity contribution in [2.75, 3.05) is 19.5 Å². The van der Waals surface area contributed by atoms with Gasteiger partial charge in [-0.25, -0.2) is 4.79 Å². The minimum Gasteiger partial charge on any atom is -0.493 e. The van der Waals surface area contributed by atoms with Gasteiger partial charge in [0.15, 0.2) is 17.3 Å². The molecule has 140 valence electrons. The minimum absolute atomic E-state index is 0.167. The van der Waals surface area contributed by atoms with Gasteiger partial charge < -0.3 is 20.1 Å². The molecular weight excluding hydrogens is 348 g/mol. The maximum atomic E-state index is 12.2. The first-order chi connectivity index (χ1) is 13.1. The van der Waals surface area contributed by atoms with Gasteiger partial charge in [0, 0.05) is 11.8 Å². The van der Waals surface area contributed by atoms with Crippen LogP contribution < -0.4 is 20.1 Å². The van der Waals surface area contributed by atoms with Crippen LogP contribution in [0.4, 0.5) is 10.5 Å². The molecule has 9 heteroatoms. The van der Waals surface area contributed by atoms with E-state index in [1.807, 2.05) is 31.2 Å². The second kappa shape index (κ2) is 8.17. The van der Waals surface area contributed by atoms with Crippen molar-refractivity contribution in [1.29, 1.82) is 0 Å². The summed E-state index contributed by atoms with van der Waals surface area (Å²) in [5, 5.41) is 17.1. The molecule has 0 radical (unpaired) electrons. The van der Waals surface area contributed by atoms with Gasteiger partial charge in [-0.1, -0.05) is 17.7 Å². The van der Waals surface area contributed by atoms with E-state index in [1.165, 1.54) is 7.11 Å². The molecule has 0 aliphatic carbocycles. The highest BCUT2D eigenvalue weighted by molar-refractivity contribution is 5.89. The average molecular weight is 368 g/mol. The van der Waals surface area contributed by atoms with Gasteiger partial charge >= 0.3 is 6.03 Å². The van der Waals surface area contributed by atoms with E-state index in [-0.39, 0.29) is 12.6 Å². The lowest BCUT2D eigenvalue weighted by molar-refractivity contribution is 0.251. The number of carbonyl (C=O) groups excluding carboxylic acids is 1. The molecule has 0 atom stereocenters. The zero-order chi connectivity index (χ0) is 19.2. The monoisotopic (exact) mass is 368 g/mol. The number of aryl methyl sites for hydroxylation is 1. The third kappa shape index (κ3) is 4.32. The number of carbonyl (C=O) groups is 1. The smallest absolute Gasteiger partial charge is 0.319 e. The average Bonchev–Trinajstić information content (AvgIpc) is 3.15. The fraction of sp³-hybridized carbons (Fsp3) is 0.222. The van der Waals surface area contributed by atoms with Gasteiger partial charge in [0.25, 0.3) is 0 Å². The molecule has 0 fully saturated rings. The minimum atomic E-state index is -0.388. The summed E-state index contributed by atoms with van der Waals surface area (Å²) < 4.78 is 12.0. The Morgan fingerprint density at radius 2 is 1.81 bits per heavy atom. The van der Waals surface area contributed by atoms with Gasteiger partial charge in [-0.2, -0.15) is 4.68 Å². The van der Waals surface area contributed by atoms with Crippen LogP contribution in [0, 0.1) is 6.92 Å². The van der Waals surface area contributed by atoms with E-state index in [9.17, 15) is 4.79 Å². The summed E-state index contributed by atoms with van der Waals surface area (Å²) in [5.41, 5.74) is 2.53. The number of nitrogens with zero attached hydrogens (tertiary/aromatic N) is 4. The van der Waals surface area contributed by atoms with Crippen LogP contribution in [0.1, 0.15) is 11.4 Å². The third-order valence-electron chi connectivity index (χ3n) is 3.86. The maximum absolute atomic E-state index is 12.2. The first-order valence-electron chi connectivity index (χ1n) is 8.22. The van der Waals surface area contributed by atoms with E-state index in [2.05, 4.69) is 26.2 Å². The lowest BCUT2D eigenvalue weighted by atomic mass is 10.2. The predicted molar refractivity (Wildman–Crippen MR) is 99.3 cm³/mol. The Kier molecular flexibility index (Phi) is 5.50. The van der Waals surface area contributed by atoms with Crippen LogP contribution in [-0.2, 0) is 6.54 Å². The molecule has 2 N–H and O–H groups in total. The summed E-state index contributed by atoms with van der Waals surface area (Å²) in [7, 11) is 3.09. The summed E-state index contributed by atoms with van der Waals surface area (Å²) >= 11 is 0. The van der Waals surface area contributed by atoms with E-state index >= 15 is 0 Å². The number of ether oxygens (including phenoxy) is 2. The molecule has 2 amide bonds. The number of hydrogen-bond donors (Lipinski definition) is 2. The number of tetrazole rings is 1. The van der Waals surface area contributed by atoms with Crippen LogP contribution in [0.25, 0.3) is 5.69 Å². The number of hydrogen-bond acceptors (Lipinski definition) is 6. The first-order valence-corrected chi connectivity index (χ1v) is 8.22. The lowest BCUT2D eigenvalue weighted by Crippen LogP contribution is -2.29. The Bertz CT molecular complexity index is 923. The zero-order valence-electron chi connectivity index (χ0n) is 15.3. The number of methoxy groups -OCH3 is 2. The van der Waals surface area contributed by atoms with Crippen LogP contribution in [0.2, 0.25) is 0 Å².